The Bertz CT molecular complexity index is 1100. The van der Waals surface area contributed by atoms with Crippen molar-refractivity contribution < 1.29 is 13.5 Å². The highest BCUT2D eigenvalue weighted by Gasteiger charge is 2.29. The Morgan fingerprint density at radius 3 is 2.74 bits per heavy atom. The van der Waals surface area contributed by atoms with Crippen molar-refractivity contribution >= 4 is 27.4 Å². The molecule has 1 aliphatic rings. The molecule has 7 nitrogen and oxygen atoms in total. The average Bonchev–Trinajstić information content (AvgIpc) is 2.89. The second-order valence-corrected chi connectivity index (χ2v) is 10.1. The number of aromatic nitrogens is 2. The second-order valence-electron chi connectivity index (χ2n) is 7.95. The number of hydrogen-bond donors (Lipinski definition) is 4. The minimum absolute atomic E-state index is 0.145. The van der Waals surface area contributed by atoms with E-state index in [9.17, 15) is 13.5 Å². The van der Waals surface area contributed by atoms with E-state index in [0.717, 1.165) is 16.5 Å². The van der Waals surface area contributed by atoms with Gasteiger partial charge in [0, 0.05) is 18.5 Å². The first-order chi connectivity index (χ1) is 14.8. The Morgan fingerprint density at radius 1 is 1.19 bits per heavy atom. The first-order valence-corrected chi connectivity index (χ1v) is 12.0. The Labute approximate surface area is 182 Å². The summed E-state index contributed by atoms with van der Waals surface area (Å²) >= 11 is 0. The van der Waals surface area contributed by atoms with Crippen molar-refractivity contribution in [3.8, 4) is 0 Å². The van der Waals surface area contributed by atoms with Crippen LogP contribution in [-0.2, 0) is 6.54 Å². The molecule has 2 unspecified atom stereocenters. The van der Waals surface area contributed by atoms with Crippen LogP contribution in [-0.4, -0.2) is 44.1 Å². The predicted octanol–water partition coefficient (Wildman–Crippen LogP) is 3.75. The molecule has 2 heterocycles. The number of aryl methyl sites for hydroxylation is 1. The summed E-state index contributed by atoms with van der Waals surface area (Å²) in [4.78, 5) is 11.8. The summed E-state index contributed by atoms with van der Waals surface area (Å²) < 4.78 is 36.0. The van der Waals surface area contributed by atoms with Gasteiger partial charge in [0.25, 0.3) is 0 Å². The summed E-state index contributed by atoms with van der Waals surface area (Å²) in [6.07, 6.45) is -1.18. The van der Waals surface area contributed by atoms with Crippen LogP contribution < -0.4 is 16.4 Å². The number of rotatable bonds is 5. The first kappa shape index (κ1) is 21.9. The SMILES string of the molecule is Cc1ccc2nc(N3CCS(O)(O)c4ccccc4C3)nc(C(N)C(F)CCN)c2c1. The lowest BCUT2D eigenvalue weighted by Crippen LogP contribution is -2.30. The van der Waals surface area contributed by atoms with Gasteiger partial charge >= 0.3 is 0 Å². The van der Waals surface area contributed by atoms with Gasteiger partial charge in [-0.2, -0.15) is 10.6 Å². The van der Waals surface area contributed by atoms with Crippen molar-refractivity contribution in [2.24, 2.45) is 11.5 Å². The summed E-state index contributed by atoms with van der Waals surface area (Å²) in [5.41, 5.74) is 14.7. The fourth-order valence-electron chi connectivity index (χ4n) is 3.92. The van der Waals surface area contributed by atoms with Crippen molar-refractivity contribution in [3.63, 3.8) is 0 Å². The van der Waals surface area contributed by atoms with Gasteiger partial charge in [-0.05, 0) is 43.7 Å². The minimum atomic E-state index is -2.91. The van der Waals surface area contributed by atoms with E-state index in [0.29, 0.717) is 35.1 Å². The van der Waals surface area contributed by atoms with Crippen LogP contribution in [0.3, 0.4) is 0 Å². The molecule has 0 bridgehead atoms. The molecule has 166 valence electrons. The topological polar surface area (TPSA) is 122 Å². The van der Waals surface area contributed by atoms with Gasteiger partial charge in [-0.3, -0.25) is 9.11 Å². The maximum absolute atomic E-state index is 14.7. The van der Waals surface area contributed by atoms with E-state index in [1.54, 1.807) is 12.1 Å². The van der Waals surface area contributed by atoms with Gasteiger partial charge in [-0.25, -0.2) is 14.4 Å². The summed E-state index contributed by atoms with van der Waals surface area (Å²) in [7, 11) is -2.91. The van der Waals surface area contributed by atoms with Crippen molar-refractivity contribution in [1.82, 2.24) is 9.97 Å². The van der Waals surface area contributed by atoms with Gasteiger partial charge in [0.2, 0.25) is 5.95 Å². The summed E-state index contributed by atoms with van der Waals surface area (Å²) in [5, 5.41) is 0.718. The van der Waals surface area contributed by atoms with Crippen LogP contribution in [0.5, 0.6) is 0 Å². The zero-order valence-electron chi connectivity index (χ0n) is 17.4. The zero-order valence-corrected chi connectivity index (χ0v) is 18.2. The van der Waals surface area contributed by atoms with Crippen molar-refractivity contribution in [3.05, 3.63) is 59.3 Å². The largest absolute Gasteiger partial charge is 0.335 e. The lowest BCUT2D eigenvalue weighted by atomic mass is 10.0. The molecule has 2 aromatic carbocycles. The summed E-state index contributed by atoms with van der Waals surface area (Å²) in [5.74, 6) is 0.563. The van der Waals surface area contributed by atoms with E-state index in [-0.39, 0.29) is 18.7 Å². The highest BCUT2D eigenvalue weighted by Crippen LogP contribution is 2.51. The highest BCUT2D eigenvalue weighted by molar-refractivity contribution is 8.24. The van der Waals surface area contributed by atoms with Gasteiger partial charge in [0.1, 0.15) is 6.17 Å². The van der Waals surface area contributed by atoms with Crippen LogP contribution in [0.25, 0.3) is 10.9 Å². The molecule has 0 aliphatic carbocycles. The molecule has 1 aliphatic heterocycles. The molecule has 6 N–H and O–H groups in total. The van der Waals surface area contributed by atoms with Crippen LogP contribution in [0.4, 0.5) is 10.3 Å². The van der Waals surface area contributed by atoms with Crippen LogP contribution in [0, 0.1) is 6.92 Å². The summed E-state index contributed by atoms with van der Waals surface area (Å²) in [6.45, 7) is 2.92. The molecule has 31 heavy (non-hydrogen) atoms. The molecule has 3 aromatic rings. The molecular weight excluding hydrogens is 417 g/mol. The molecular formula is C22H28FN5O2S. The third-order valence-corrected chi connectivity index (χ3v) is 7.49. The Morgan fingerprint density at radius 2 is 1.97 bits per heavy atom. The molecule has 1 aromatic heterocycles. The smallest absolute Gasteiger partial charge is 0.226 e. The lowest BCUT2D eigenvalue weighted by Gasteiger charge is -2.32. The molecule has 0 spiro atoms. The molecule has 0 amide bonds. The fourth-order valence-corrected chi connectivity index (χ4v) is 5.46. The Balaban J connectivity index is 1.80. The van der Waals surface area contributed by atoms with Crippen molar-refractivity contribution in [1.29, 1.82) is 0 Å². The van der Waals surface area contributed by atoms with Gasteiger partial charge in [-0.15, -0.1) is 0 Å². The predicted molar refractivity (Wildman–Crippen MR) is 123 cm³/mol. The van der Waals surface area contributed by atoms with E-state index in [1.807, 2.05) is 42.2 Å². The highest BCUT2D eigenvalue weighted by atomic mass is 32.3. The van der Waals surface area contributed by atoms with E-state index in [4.69, 9.17) is 16.5 Å². The van der Waals surface area contributed by atoms with E-state index < -0.39 is 22.8 Å². The zero-order chi connectivity index (χ0) is 22.2. The van der Waals surface area contributed by atoms with E-state index >= 15 is 0 Å². The number of hydrogen-bond acceptors (Lipinski definition) is 7. The standard InChI is InChI=1S/C22H28FN5O2S/c1-14-6-7-18-16(12-14)21(20(25)17(23)8-9-24)27-22(26-18)28-10-11-31(29,30)19-5-3-2-4-15(19)13-28/h2-7,12,17,20,29-30H,8-11,13,24-25H2,1H3. The van der Waals surface area contributed by atoms with Crippen LogP contribution in [0.2, 0.25) is 0 Å². The number of alkyl halides is 1. The van der Waals surface area contributed by atoms with Gasteiger partial charge in [0.05, 0.1) is 27.9 Å². The molecule has 0 radical (unpaired) electrons. The third kappa shape index (κ3) is 4.37. The molecule has 0 saturated carbocycles. The number of halogens is 1. The van der Waals surface area contributed by atoms with E-state index in [1.165, 1.54) is 0 Å². The van der Waals surface area contributed by atoms with Crippen molar-refractivity contribution in [2.45, 2.75) is 37.0 Å². The van der Waals surface area contributed by atoms with Gasteiger partial charge < -0.3 is 16.4 Å². The average molecular weight is 446 g/mol. The maximum atomic E-state index is 14.7. The van der Waals surface area contributed by atoms with Crippen LogP contribution >= 0.6 is 10.6 Å². The molecule has 2 atom stereocenters. The number of nitrogens with zero attached hydrogens (tertiary/aromatic N) is 3. The van der Waals surface area contributed by atoms with Crippen LogP contribution in [0.15, 0.2) is 47.4 Å². The minimum Gasteiger partial charge on any atom is -0.335 e. The normalized spacial score (nSPS) is 18.8. The molecule has 4 rings (SSSR count). The lowest BCUT2D eigenvalue weighted by molar-refractivity contribution is 0.269. The Hall–Kier alpha value is -2.30. The molecule has 0 fully saturated rings. The van der Waals surface area contributed by atoms with Gasteiger partial charge in [0.15, 0.2) is 0 Å². The molecule has 0 saturated heterocycles. The van der Waals surface area contributed by atoms with Crippen LogP contribution in [0.1, 0.15) is 29.3 Å². The summed E-state index contributed by atoms with van der Waals surface area (Å²) in [6, 6.07) is 12.1. The fraction of sp³-hybridized carbons (Fsp3) is 0.364. The maximum Gasteiger partial charge on any atom is 0.226 e. The molecule has 9 heteroatoms. The first-order valence-electron chi connectivity index (χ1n) is 10.3. The second kappa shape index (κ2) is 8.68. The number of fused-ring (bicyclic) bond motifs is 2. The van der Waals surface area contributed by atoms with E-state index in [2.05, 4.69) is 4.98 Å². The van der Waals surface area contributed by atoms with Gasteiger partial charge in [-0.1, -0.05) is 29.8 Å². The number of benzene rings is 2. The number of anilines is 1. The quantitative estimate of drug-likeness (QED) is 0.472. The Kier molecular flexibility index (Phi) is 6.14. The monoisotopic (exact) mass is 445 g/mol. The number of nitrogens with two attached hydrogens (primary N) is 2. The third-order valence-electron chi connectivity index (χ3n) is 5.63. The van der Waals surface area contributed by atoms with Crippen molar-refractivity contribution in [2.75, 3.05) is 23.7 Å².